The van der Waals surface area contributed by atoms with Crippen LogP contribution in [0.25, 0.3) is 0 Å². The van der Waals surface area contributed by atoms with Crippen molar-refractivity contribution in [1.29, 1.82) is 0 Å². The molecule has 0 spiro atoms. The van der Waals surface area contributed by atoms with E-state index < -0.39 is 9.84 Å². The summed E-state index contributed by atoms with van der Waals surface area (Å²) >= 11 is 0. The molecule has 0 bridgehead atoms. The number of piperazine rings is 1. The molecule has 0 saturated carbocycles. The predicted octanol–water partition coefficient (Wildman–Crippen LogP) is 2.67. The van der Waals surface area contributed by atoms with E-state index in [1.807, 2.05) is 12.1 Å². The molecule has 0 unspecified atom stereocenters. The maximum absolute atomic E-state index is 12.6. The van der Waals surface area contributed by atoms with E-state index in [1.54, 1.807) is 12.1 Å². The molecule has 1 N–H and O–H groups in total. The van der Waals surface area contributed by atoms with Crippen LogP contribution >= 0.6 is 0 Å². The van der Waals surface area contributed by atoms with E-state index in [1.165, 1.54) is 11.3 Å². The molecule has 172 valence electrons. The Morgan fingerprint density at radius 3 is 2.47 bits per heavy atom. The summed E-state index contributed by atoms with van der Waals surface area (Å²) in [6.45, 7) is 5.57. The van der Waals surface area contributed by atoms with E-state index in [4.69, 9.17) is 0 Å². The maximum Gasteiger partial charge on any atom is 0.221 e. The van der Waals surface area contributed by atoms with E-state index >= 15 is 0 Å². The van der Waals surface area contributed by atoms with Gasteiger partial charge in [0, 0.05) is 44.8 Å². The molecule has 7 heteroatoms. The van der Waals surface area contributed by atoms with Crippen LogP contribution in [0.1, 0.15) is 30.4 Å². The Kier molecular flexibility index (Phi) is 7.48. The van der Waals surface area contributed by atoms with E-state index in [2.05, 4.69) is 39.4 Å². The SMILES string of the molecule is O=C(CCS(=O)(=O)c1ccc2c(c1)CCC2)NCCCN1CCN(c2ccccc2)CC1. The third-order valence-corrected chi connectivity index (χ3v) is 8.21. The molecule has 1 fully saturated rings. The number of amides is 1. The van der Waals surface area contributed by atoms with Gasteiger partial charge in [-0.1, -0.05) is 24.3 Å². The van der Waals surface area contributed by atoms with Crippen LogP contribution in [0.2, 0.25) is 0 Å². The van der Waals surface area contributed by atoms with Gasteiger partial charge < -0.3 is 10.2 Å². The van der Waals surface area contributed by atoms with Crippen LogP contribution in [0.3, 0.4) is 0 Å². The fourth-order valence-electron chi connectivity index (χ4n) is 4.57. The number of hydrogen-bond acceptors (Lipinski definition) is 5. The van der Waals surface area contributed by atoms with Gasteiger partial charge >= 0.3 is 0 Å². The second-order valence-electron chi connectivity index (χ2n) is 8.72. The van der Waals surface area contributed by atoms with Gasteiger partial charge in [0.05, 0.1) is 10.6 Å². The normalized spacial score (nSPS) is 16.7. The molecule has 2 aliphatic rings. The molecule has 2 aromatic carbocycles. The topological polar surface area (TPSA) is 69.7 Å². The van der Waals surface area contributed by atoms with Crippen molar-refractivity contribution in [3.8, 4) is 0 Å². The quantitative estimate of drug-likeness (QED) is 0.589. The summed E-state index contributed by atoms with van der Waals surface area (Å²) in [4.78, 5) is 17.3. The molecular weight excluding hydrogens is 422 g/mol. The molecule has 0 radical (unpaired) electrons. The third-order valence-electron chi connectivity index (χ3n) is 6.49. The van der Waals surface area contributed by atoms with Gasteiger partial charge in [-0.15, -0.1) is 0 Å². The van der Waals surface area contributed by atoms with Crippen molar-refractivity contribution in [3.63, 3.8) is 0 Å². The minimum atomic E-state index is -3.43. The maximum atomic E-state index is 12.6. The lowest BCUT2D eigenvalue weighted by molar-refractivity contribution is -0.120. The van der Waals surface area contributed by atoms with Crippen molar-refractivity contribution in [2.24, 2.45) is 0 Å². The van der Waals surface area contributed by atoms with Crippen LogP contribution in [-0.4, -0.2) is 64.2 Å². The smallest absolute Gasteiger partial charge is 0.221 e. The van der Waals surface area contributed by atoms with Crippen LogP contribution in [0.4, 0.5) is 5.69 Å². The first-order valence-electron chi connectivity index (χ1n) is 11.6. The Morgan fingerprint density at radius 1 is 0.938 bits per heavy atom. The van der Waals surface area contributed by atoms with Crippen molar-refractivity contribution in [2.75, 3.05) is 49.9 Å². The summed E-state index contributed by atoms with van der Waals surface area (Å²) in [7, 11) is -3.43. The number of sulfone groups is 1. The number of nitrogens with zero attached hydrogens (tertiary/aromatic N) is 2. The monoisotopic (exact) mass is 455 g/mol. The Labute approximate surface area is 191 Å². The highest BCUT2D eigenvalue weighted by Crippen LogP contribution is 2.25. The zero-order valence-corrected chi connectivity index (χ0v) is 19.4. The van der Waals surface area contributed by atoms with Gasteiger partial charge in [0.25, 0.3) is 0 Å². The van der Waals surface area contributed by atoms with Crippen LogP contribution in [0.15, 0.2) is 53.4 Å². The Balaban J connectivity index is 1.12. The first-order valence-corrected chi connectivity index (χ1v) is 13.3. The second-order valence-corrected chi connectivity index (χ2v) is 10.8. The van der Waals surface area contributed by atoms with Crippen molar-refractivity contribution in [3.05, 3.63) is 59.7 Å². The molecule has 32 heavy (non-hydrogen) atoms. The van der Waals surface area contributed by atoms with Gasteiger partial charge in [-0.3, -0.25) is 9.69 Å². The fraction of sp³-hybridized carbons (Fsp3) is 0.480. The predicted molar refractivity (Wildman–Crippen MR) is 128 cm³/mol. The number of nitrogens with one attached hydrogen (secondary N) is 1. The first-order chi connectivity index (χ1) is 15.5. The number of aryl methyl sites for hydroxylation is 2. The fourth-order valence-corrected chi connectivity index (χ4v) is 5.86. The Morgan fingerprint density at radius 2 is 1.69 bits per heavy atom. The standard InChI is InChI=1S/C25H33N3O3S/c29-25(12-19-32(30,31)24-11-10-21-6-4-7-22(21)20-24)26-13-5-14-27-15-17-28(18-16-27)23-8-2-1-3-9-23/h1-3,8-11,20H,4-7,12-19H2,(H,26,29). The summed E-state index contributed by atoms with van der Waals surface area (Å²) < 4.78 is 25.2. The largest absolute Gasteiger partial charge is 0.369 e. The minimum Gasteiger partial charge on any atom is -0.369 e. The summed E-state index contributed by atoms with van der Waals surface area (Å²) in [5, 5.41) is 2.88. The molecule has 0 aromatic heterocycles. The molecule has 0 atom stereocenters. The minimum absolute atomic E-state index is 0.00910. The summed E-state index contributed by atoms with van der Waals surface area (Å²) in [5.41, 5.74) is 3.66. The average Bonchev–Trinajstić information content (AvgIpc) is 3.30. The van der Waals surface area contributed by atoms with Crippen molar-refractivity contribution in [2.45, 2.75) is 37.0 Å². The van der Waals surface area contributed by atoms with Gasteiger partial charge in [0.1, 0.15) is 0 Å². The molecule has 1 aliphatic heterocycles. The number of anilines is 1. The molecular formula is C25H33N3O3S. The highest BCUT2D eigenvalue weighted by molar-refractivity contribution is 7.91. The third kappa shape index (κ3) is 5.90. The highest BCUT2D eigenvalue weighted by atomic mass is 32.2. The van der Waals surface area contributed by atoms with Gasteiger partial charge in [-0.2, -0.15) is 0 Å². The number of hydrogen-bond donors (Lipinski definition) is 1. The number of carbonyl (C=O) groups excluding carboxylic acids is 1. The van der Waals surface area contributed by atoms with E-state index in [0.29, 0.717) is 11.4 Å². The lowest BCUT2D eigenvalue weighted by atomic mass is 10.1. The first kappa shape index (κ1) is 22.8. The number of para-hydroxylation sites is 1. The van der Waals surface area contributed by atoms with Gasteiger partial charge in [0.15, 0.2) is 9.84 Å². The van der Waals surface area contributed by atoms with Gasteiger partial charge in [-0.05, 0) is 67.6 Å². The number of carbonyl (C=O) groups is 1. The van der Waals surface area contributed by atoms with Gasteiger partial charge in [0.2, 0.25) is 5.91 Å². The molecule has 6 nitrogen and oxygen atoms in total. The molecule has 1 aliphatic carbocycles. The summed E-state index contributed by atoms with van der Waals surface area (Å²) in [6, 6.07) is 15.9. The van der Waals surface area contributed by atoms with Crippen molar-refractivity contribution >= 4 is 21.4 Å². The van der Waals surface area contributed by atoms with Crippen molar-refractivity contribution in [1.82, 2.24) is 10.2 Å². The average molecular weight is 456 g/mol. The van der Waals surface area contributed by atoms with Crippen LogP contribution in [0.5, 0.6) is 0 Å². The van der Waals surface area contributed by atoms with E-state index in [9.17, 15) is 13.2 Å². The molecule has 4 rings (SSSR count). The molecule has 2 aromatic rings. The molecule has 1 heterocycles. The highest BCUT2D eigenvalue weighted by Gasteiger charge is 2.20. The van der Waals surface area contributed by atoms with Crippen LogP contribution < -0.4 is 10.2 Å². The second kappa shape index (κ2) is 10.5. The van der Waals surface area contributed by atoms with Crippen molar-refractivity contribution < 1.29 is 13.2 Å². The number of benzene rings is 2. The lowest BCUT2D eigenvalue weighted by Gasteiger charge is -2.36. The van der Waals surface area contributed by atoms with Gasteiger partial charge in [-0.25, -0.2) is 8.42 Å². The molecule has 1 amide bonds. The van der Waals surface area contributed by atoms with E-state index in [0.717, 1.165) is 64.0 Å². The number of fused-ring (bicyclic) bond motifs is 1. The van der Waals surface area contributed by atoms with Crippen LogP contribution in [0, 0.1) is 0 Å². The lowest BCUT2D eigenvalue weighted by Crippen LogP contribution is -2.47. The van der Waals surface area contributed by atoms with Crippen LogP contribution in [-0.2, 0) is 27.5 Å². The Hall–Kier alpha value is -2.38. The van der Waals surface area contributed by atoms with E-state index in [-0.39, 0.29) is 18.1 Å². The summed E-state index contributed by atoms with van der Waals surface area (Å²) in [5.74, 6) is -0.331. The summed E-state index contributed by atoms with van der Waals surface area (Å²) in [6.07, 6.45) is 3.94. The molecule has 1 saturated heterocycles. The number of rotatable bonds is 9. The zero-order valence-electron chi connectivity index (χ0n) is 18.6. The Bertz CT molecular complexity index is 1020. The zero-order chi connectivity index (χ0) is 22.4.